The van der Waals surface area contributed by atoms with Crippen LogP contribution in [-0.4, -0.2) is 4.98 Å². The van der Waals surface area contributed by atoms with E-state index in [1.54, 1.807) is 6.20 Å². The van der Waals surface area contributed by atoms with Gasteiger partial charge in [0.25, 0.3) is 0 Å². The van der Waals surface area contributed by atoms with Crippen LogP contribution in [0.1, 0.15) is 5.56 Å². The van der Waals surface area contributed by atoms with Crippen molar-refractivity contribution in [2.45, 2.75) is 16.8 Å². The number of nitrogen functional groups attached to an aromatic ring is 1. The van der Waals surface area contributed by atoms with Crippen molar-refractivity contribution in [1.82, 2.24) is 4.98 Å². The summed E-state index contributed by atoms with van der Waals surface area (Å²) in [5, 5.41) is 1.51. The molecular weight excluding hydrogens is 240 g/mol. The number of aryl methyl sites for hydroxylation is 1. The highest BCUT2D eigenvalue weighted by molar-refractivity contribution is 7.99. The van der Waals surface area contributed by atoms with Gasteiger partial charge in [-0.25, -0.2) is 4.98 Å². The number of benzene rings is 1. The predicted molar refractivity (Wildman–Crippen MR) is 69.0 cm³/mol. The molecule has 0 aliphatic carbocycles. The van der Waals surface area contributed by atoms with Crippen LogP contribution in [-0.2, 0) is 0 Å². The summed E-state index contributed by atoms with van der Waals surface area (Å²) in [4.78, 5) is 5.26. The maximum absolute atomic E-state index is 6.07. The summed E-state index contributed by atoms with van der Waals surface area (Å²) in [6, 6.07) is 9.56. The standard InChI is InChI=1S/C12H11ClN2S/c1-8-6-10(14)12(15-7-8)16-11-5-3-2-4-9(11)13/h2-7H,14H2,1H3. The molecule has 0 aliphatic rings. The van der Waals surface area contributed by atoms with Crippen LogP contribution in [0.25, 0.3) is 0 Å². The normalized spacial score (nSPS) is 10.4. The van der Waals surface area contributed by atoms with Gasteiger partial charge in [-0.05, 0) is 30.7 Å². The molecule has 1 aromatic carbocycles. The molecule has 82 valence electrons. The lowest BCUT2D eigenvalue weighted by Gasteiger charge is -2.06. The van der Waals surface area contributed by atoms with Crippen molar-refractivity contribution >= 4 is 29.1 Å². The van der Waals surface area contributed by atoms with Gasteiger partial charge in [-0.2, -0.15) is 0 Å². The lowest BCUT2D eigenvalue weighted by molar-refractivity contribution is 1.12. The topological polar surface area (TPSA) is 38.9 Å². The Hall–Kier alpha value is -1.19. The maximum atomic E-state index is 6.07. The number of hydrogen-bond acceptors (Lipinski definition) is 3. The van der Waals surface area contributed by atoms with Crippen LogP contribution in [0.5, 0.6) is 0 Å². The average Bonchev–Trinajstić information content (AvgIpc) is 2.25. The molecule has 0 spiro atoms. The van der Waals surface area contributed by atoms with E-state index in [4.69, 9.17) is 17.3 Å². The summed E-state index contributed by atoms with van der Waals surface area (Å²) in [7, 11) is 0. The second-order valence-corrected chi connectivity index (χ2v) is 4.88. The quantitative estimate of drug-likeness (QED) is 0.882. The minimum absolute atomic E-state index is 0.685. The number of nitrogens with zero attached hydrogens (tertiary/aromatic N) is 1. The zero-order chi connectivity index (χ0) is 11.5. The van der Waals surface area contributed by atoms with Crippen molar-refractivity contribution in [2.75, 3.05) is 5.73 Å². The Morgan fingerprint density at radius 3 is 2.75 bits per heavy atom. The van der Waals surface area contributed by atoms with Gasteiger partial charge in [0, 0.05) is 11.1 Å². The Kier molecular flexibility index (Phi) is 3.36. The van der Waals surface area contributed by atoms with E-state index < -0.39 is 0 Å². The van der Waals surface area contributed by atoms with Gasteiger partial charge in [-0.1, -0.05) is 35.5 Å². The van der Waals surface area contributed by atoms with Gasteiger partial charge < -0.3 is 5.73 Å². The Morgan fingerprint density at radius 2 is 2.06 bits per heavy atom. The molecule has 2 nitrogen and oxygen atoms in total. The summed E-state index contributed by atoms with van der Waals surface area (Å²) in [6.45, 7) is 1.97. The Balaban J connectivity index is 2.31. The van der Waals surface area contributed by atoms with Gasteiger partial charge in [0.1, 0.15) is 5.03 Å². The van der Waals surface area contributed by atoms with Gasteiger partial charge in [0.05, 0.1) is 10.7 Å². The summed E-state index contributed by atoms with van der Waals surface area (Å²) in [5.74, 6) is 0. The van der Waals surface area contributed by atoms with Gasteiger partial charge in [0.2, 0.25) is 0 Å². The fourth-order valence-corrected chi connectivity index (χ4v) is 2.35. The highest BCUT2D eigenvalue weighted by Crippen LogP contribution is 2.34. The summed E-state index contributed by atoms with van der Waals surface area (Å²) >= 11 is 7.55. The fourth-order valence-electron chi connectivity index (χ4n) is 1.30. The zero-order valence-electron chi connectivity index (χ0n) is 8.77. The van der Waals surface area contributed by atoms with E-state index >= 15 is 0 Å². The SMILES string of the molecule is Cc1cnc(Sc2ccccc2Cl)c(N)c1. The molecular formula is C12H11ClN2S. The number of nitrogens with two attached hydrogens (primary N) is 1. The van der Waals surface area contributed by atoms with Gasteiger partial charge >= 0.3 is 0 Å². The number of anilines is 1. The van der Waals surface area contributed by atoms with E-state index in [1.165, 1.54) is 11.8 Å². The summed E-state index contributed by atoms with van der Waals surface area (Å²) in [6.07, 6.45) is 1.80. The van der Waals surface area contributed by atoms with Crippen molar-refractivity contribution in [3.63, 3.8) is 0 Å². The van der Waals surface area contributed by atoms with Crippen molar-refractivity contribution in [3.8, 4) is 0 Å². The molecule has 0 fully saturated rings. The van der Waals surface area contributed by atoms with Crippen molar-refractivity contribution in [3.05, 3.63) is 47.1 Å². The largest absolute Gasteiger partial charge is 0.397 e. The average molecular weight is 251 g/mol. The number of hydrogen-bond donors (Lipinski definition) is 1. The van der Waals surface area contributed by atoms with E-state index in [1.807, 2.05) is 37.3 Å². The third kappa shape index (κ3) is 2.49. The summed E-state index contributed by atoms with van der Waals surface area (Å²) in [5.41, 5.74) is 7.63. The number of halogens is 1. The monoisotopic (exact) mass is 250 g/mol. The molecule has 2 rings (SSSR count). The van der Waals surface area contributed by atoms with Crippen LogP contribution in [0.3, 0.4) is 0 Å². The van der Waals surface area contributed by atoms with Crippen molar-refractivity contribution in [1.29, 1.82) is 0 Å². The van der Waals surface area contributed by atoms with Crippen LogP contribution in [0.4, 0.5) is 5.69 Å². The number of rotatable bonds is 2. The van der Waals surface area contributed by atoms with Gasteiger partial charge in [-0.15, -0.1) is 0 Å². The molecule has 2 N–H and O–H groups in total. The number of pyridine rings is 1. The highest BCUT2D eigenvalue weighted by atomic mass is 35.5. The Morgan fingerprint density at radius 1 is 1.31 bits per heavy atom. The first-order chi connectivity index (χ1) is 7.66. The van der Waals surface area contributed by atoms with Crippen LogP contribution in [0, 0.1) is 6.92 Å². The van der Waals surface area contributed by atoms with E-state index in [-0.39, 0.29) is 0 Å². The van der Waals surface area contributed by atoms with Crippen molar-refractivity contribution in [2.24, 2.45) is 0 Å². The molecule has 0 bridgehead atoms. The van der Waals surface area contributed by atoms with Crippen LogP contribution >= 0.6 is 23.4 Å². The molecule has 16 heavy (non-hydrogen) atoms. The molecule has 0 unspecified atom stereocenters. The molecule has 1 heterocycles. The van der Waals surface area contributed by atoms with E-state index in [0.717, 1.165) is 15.5 Å². The molecule has 0 aliphatic heterocycles. The smallest absolute Gasteiger partial charge is 0.124 e. The minimum atomic E-state index is 0.685. The second-order valence-electron chi connectivity index (χ2n) is 3.44. The first-order valence-corrected chi connectivity index (χ1v) is 6.01. The van der Waals surface area contributed by atoms with Gasteiger partial charge in [0.15, 0.2) is 0 Å². The highest BCUT2D eigenvalue weighted by Gasteiger charge is 2.06. The van der Waals surface area contributed by atoms with Crippen LogP contribution in [0.2, 0.25) is 5.02 Å². The maximum Gasteiger partial charge on any atom is 0.124 e. The van der Waals surface area contributed by atoms with E-state index in [2.05, 4.69) is 4.98 Å². The van der Waals surface area contributed by atoms with Crippen LogP contribution < -0.4 is 5.73 Å². The molecule has 0 saturated heterocycles. The second kappa shape index (κ2) is 4.76. The van der Waals surface area contributed by atoms with E-state index in [9.17, 15) is 0 Å². The predicted octanol–water partition coefficient (Wildman–Crippen LogP) is 3.78. The molecule has 1 aromatic heterocycles. The molecule has 0 saturated carbocycles. The molecule has 4 heteroatoms. The molecule has 2 aromatic rings. The molecule has 0 radical (unpaired) electrons. The third-order valence-corrected chi connectivity index (χ3v) is 3.61. The minimum Gasteiger partial charge on any atom is -0.397 e. The third-order valence-electron chi connectivity index (χ3n) is 2.06. The van der Waals surface area contributed by atoms with Gasteiger partial charge in [-0.3, -0.25) is 0 Å². The molecule has 0 atom stereocenters. The lowest BCUT2D eigenvalue weighted by atomic mass is 10.3. The van der Waals surface area contributed by atoms with Crippen molar-refractivity contribution < 1.29 is 0 Å². The number of aromatic nitrogens is 1. The summed E-state index contributed by atoms with van der Waals surface area (Å²) < 4.78 is 0. The lowest BCUT2D eigenvalue weighted by Crippen LogP contribution is -1.92. The van der Waals surface area contributed by atoms with Crippen LogP contribution in [0.15, 0.2) is 46.5 Å². The molecule has 0 amide bonds. The first kappa shape index (κ1) is 11.3. The Labute approximate surface area is 104 Å². The first-order valence-electron chi connectivity index (χ1n) is 4.81. The fraction of sp³-hybridized carbons (Fsp3) is 0.0833. The zero-order valence-corrected chi connectivity index (χ0v) is 10.3. The Bertz CT molecular complexity index is 514. The van der Waals surface area contributed by atoms with E-state index in [0.29, 0.717) is 10.7 Å².